The van der Waals surface area contributed by atoms with Gasteiger partial charge >= 0.3 is 0 Å². The lowest BCUT2D eigenvalue weighted by molar-refractivity contribution is 0.292. The van der Waals surface area contributed by atoms with E-state index in [1.54, 1.807) is 0 Å². The lowest BCUT2D eigenvalue weighted by Crippen LogP contribution is -2.27. The monoisotopic (exact) mass is 249 g/mol. The number of pyridine rings is 2. The van der Waals surface area contributed by atoms with Crippen LogP contribution in [0.5, 0.6) is 0 Å². The van der Waals surface area contributed by atoms with Crippen LogP contribution in [0.25, 0.3) is 22.4 Å². The van der Waals surface area contributed by atoms with Crippen molar-refractivity contribution in [2.24, 2.45) is 0 Å². The van der Waals surface area contributed by atoms with E-state index in [4.69, 9.17) is 11.6 Å². The van der Waals surface area contributed by atoms with Crippen LogP contribution in [0.15, 0.2) is 12.1 Å². The van der Waals surface area contributed by atoms with Gasteiger partial charge in [0.2, 0.25) is 0 Å². The van der Waals surface area contributed by atoms with E-state index < -0.39 is 0 Å². The lowest BCUT2D eigenvalue weighted by Gasteiger charge is -2.21. The summed E-state index contributed by atoms with van der Waals surface area (Å²) < 4.78 is 2.29. The van der Waals surface area contributed by atoms with E-state index in [-0.39, 0.29) is 0 Å². The first-order valence-corrected chi connectivity index (χ1v) is 6.55. The van der Waals surface area contributed by atoms with Crippen LogP contribution in [0.1, 0.15) is 13.8 Å². The zero-order valence-corrected chi connectivity index (χ0v) is 11.0. The summed E-state index contributed by atoms with van der Waals surface area (Å²) in [6.07, 6.45) is 0. The summed E-state index contributed by atoms with van der Waals surface area (Å²) in [7, 11) is 0. The van der Waals surface area contributed by atoms with Crippen LogP contribution in [0.2, 0.25) is 5.02 Å². The average Bonchev–Trinajstić information content (AvgIpc) is 2.86. The number of likely N-dealkylation sites (N-methyl/N-ethyl adjacent to an activating group) is 1. The minimum Gasteiger partial charge on any atom is -0.323 e. The molecule has 4 bridgehead atoms. The number of hydrogen-bond acceptors (Lipinski definition) is 2. The maximum atomic E-state index is 6.16. The third-order valence-electron chi connectivity index (χ3n) is 3.61. The summed E-state index contributed by atoms with van der Waals surface area (Å²) in [5.41, 5.74) is 3.35. The molecule has 2 aliphatic heterocycles. The molecule has 2 aromatic rings. The highest BCUT2D eigenvalue weighted by atomic mass is 35.5. The van der Waals surface area contributed by atoms with Gasteiger partial charge in [-0.15, -0.1) is 0 Å². The Balaban J connectivity index is 1.86. The van der Waals surface area contributed by atoms with Gasteiger partial charge in [0.1, 0.15) is 5.82 Å². The van der Waals surface area contributed by atoms with Gasteiger partial charge in [-0.1, -0.05) is 25.4 Å². The van der Waals surface area contributed by atoms with Gasteiger partial charge in [-0.2, -0.15) is 0 Å². The van der Waals surface area contributed by atoms with E-state index in [0.717, 1.165) is 48.1 Å². The molecule has 3 nitrogen and oxygen atoms in total. The molecule has 0 fully saturated rings. The lowest BCUT2D eigenvalue weighted by atomic mass is 10.1. The summed E-state index contributed by atoms with van der Waals surface area (Å²) in [6, 6.07) is 4.12. The molecule has 0 N–H and O–H groups in total. The molecule has 17 heavy (non-hydrogen) atoms. The summed E-state index contributed by atoms with van der Waals surface area (Å²) >= 11 is 6.16. The molecule has 0 saturated heterocycles. The van der Waals surface area contributed by atoms with Crippen molar-refractivity contribution in [2.45, 2.75) is 20.4 Å². The number of aromatic nitrogens is 2. The molecule has 1 aromatic heterocycles. The quantitative estimate of drug-likeness (QED) is 0.693. The Bertz CT molecular complexity index is 570. The van der Waals surface area contributed by atoms with Gasteiger partial charge in [-0.3, -0.25) is 0 Å². The van der Waals surface area contributed by atoms with Crippen LogP contribution in [0, 0.1) is 0 Å². The standard InChI is InChI=1S/C13H16ClN3/c1-3-16(4-2)5-6-17-12-8-10(14)9-7-11(12)15-13(9)17/h7-8H,3-6H2,1-2H3. The number of fused-ring (bicyclic) bond motifs is 1. The maximum Gasteiger partial charge on any atom is 0.142 e. The van der Waals surface area contributed by atoms with Crippen LogP contribution < -0.4 is 0 Å². The van der Waals surface area contributed by atoms with Crippen LogP contribution in [0.4, 0.5) is 0 Å². The zero-order chi connectivity index (χ0) is 12.0. The van der Waals surface area contributed by atoms with E-state index in [0.29, 0.717) is 0 Å². The van der Waals surface area contributed by atoms with E-state index in [1.165, 1.54) is 5.52 Å². The summed E-state index contributed by atoms with van der Waals surface area (Å²) in [5.74, 6) is 1.05. The van der Waals surface area contributed by atoms with Crippen LogP contribution >= 0.6 is 11.6 Å². The maximum absolute atomic E-state index is 6.16. The summed E-state index contributed by atoms with van der Waals surface area (Å²) in [4.78, 5) is 6.98. The topological polar surface area (TPSA) is 21.1 Å². The molecule has 0 amide bonds. The Labute approximate surface area is 106 Å². The van der Waals surface area contributed by atoms with Gasteiger partial charge in [0, 0.05) is 18.7 Å². The van der Waals surface area contributed by atoms with Gasteiger partial charge in [0.25, 0.3) is 0 Å². The summed E-state index contributed by atoms with van der Waals surface area (Å²) in [6.45, 7) is 8.66. The molecule has 4 heteroatoms. The second-order valence-electron chi connectivity index (χ2n) is 4.43. The predicted molar refractivity (Wildman–Crippen MR) is 71.5 cm³/mol. The Hall–Kier alpha value is -1.06. The number of nitrogens with zero attached hydrogens (tertiary/aromatic N) is 3. The number of benzene rings is 1. The van der Waals surface area contributed by atoms with Crippen molar-refractivity contribution in [1.82, 2.24) is 14.5 Å². The Morgan fingerprint density at radius 1 is 1.29 bits per heavy atom. The van der Waals surface area contributed by atoms with Crippen LogP contribution in [0.3, 0.4) is 0 Å². The van der Waals surface area contributed by atoms with E-state index in [9.17, 15) is 0 Å². The molecule has 0 spiro atoms. The van der Waals surface area contributed by atoms with Crippen molar-refractivity contribution >= 4 is 22.6 Å². The zero-order valence-electron chi connectivity index (χ0n) is 10.2. The van der Waals surface area contributed by atoms with Crippen molar-refractivity contribution in [3.05, 3.63) is 17.2 Å². The van der Waals surface area contributed by atoms with Crippen LogP contribution in [-0.2, 0) is 6.54 Å². The molecule has 0 atom stereocenters. The largest absolute Gasteiger partial charge is 0.323 e. The Morgan fingerprint density at radius 3 is 2.71 bits per heavy atom. The van der Waals surface area contributed by atoms with Gasteiger partial charge in [0.15, 0.2) is 0 Å². The van der Waals surface area contributed by atoms with Crippen molar-refractivity contribution in [3.63, 3.8) is 0 Å². The smallest absolute Gasteiger partial charge is 0.142 e. The third-order valence-corrected chi connectivity index (χ3v) is 3.92. The molecule has 0 radical (unpaired) electrons. The second-order valence-corrected chi connectivity index (χ2v) is 4.84. The highest BCUT2D eigenvalue weighted by Crippen LogP contribution is 2.39. The molecular formula is C13H16ClN3. The molecule has 90 valence electrons. The van der Waals surface area contributed by atoms with Crippen molar-refractivity contribution in [1.29, 1.82) is 0 Å². The molecule has 4 rings (SSSR count). The van der Waals surface area contributed by atoms with Gasteiger partial charge < -0.3 is 9.47 Å². The number of halogens is 1. The fraction of sp³-hybridized carbons (Fsp3) is 0.462. The first kappa shape index (κ1) is 11.1. The van der Waals surface area contributed by atoms with E-state index >= 15 is 0 Å². The van der Waals surface area contributed by atoms with Gasteiger partial charge in [-0.05, 0) is 25.2 Å². The molecule has 0 aliphatic carbocycles. The normalized spacial score (nSPS) is 12.7. The minimum absolute atomic E-state index is 0.832. The molecule has 3 heterocycles. The predicted octanol–water partition coefficient (Wildman–Crippen LogP) is 3.01. The minimum atomic E-state index is 0.832. The molecule has 1 aromatic carbocycles. The molecule has 0 unspecified atom stereocenters. The van der Waals surface area contributed by atoms with Crippen molar-refractivity contribution in [2.75, 3.05) is 19.6 Å². The molecular weight excluding hydrogens is 234 g/mol. The highest BCUT2D eigenvalue weighted by Gasteiger charge is 2.23. The van der Waals surface area contributed by atoms with E-state index in [1.807, 2.05) is 6.07 Å². The van der Waals surface area contributed by atoms with Crippen molar-refractivity contribution < 1.29 is 0 Å². The SMILES string of the molecule is CCN(CC)CCn1c2nc3cc-2c(Cl)cc31. The fourth-order valence-electron chi connectivity index (χ4n) is 2.53. The molecule has 0 saturated carbocycles. The van der Waals surface area contributed by atoms with Crippen LogP contribution in [-0.4, -0.2) is 34.1 Å². The Morgan fingerprint density at radius 2 is 2.06 bits per heavy atom. The second kappa shape index (κ2) is 4.00. The highest BCUT2D eigenvalue weighted by molar-refractivity contribution is 6.34. The molecule has 2 aliphatic rings. The number of rotatable bonds is 5. The fourth-order valence-corrected chi connectivity index (χ4v) is 2.77. The number of hydrogen-bond donors (Lipinski definition) is 0. The van der Waals surface area contributed by atoms with Gasteiger partial charge in [0.05, 0.1) is 16.1 Å². The first-order chi connectivity index (χ1) is 8.24. The van der Waals surface area contributed by atoms with Crippen molar-refractivity contribution in [3.8, 4) is 11.4 Å². The third kappa shape index (κ3) is 1.57. The average molecular weight is 250 g/mol. The van der Waals surface area contributed by atoms with Gasteiger partial charge in [-0.25, -0.2) is 4.98 Å². The first-order valence-electron chi connectivity index (χ1n) is 6.17. The Kier molecular flexibility index (Phi) is 2.60. The van der Waals surface area contributed by atoms with E-state index in [2.05, 4.69) is 34.4 Å². The number of imidazole rings is 1. The summed E-state index contributed by atoms with van der Waals surface area (Å²) in [5, 5.41) is 0.832.